The number of methoxy groups -OCH3 is 1. The first-order valence-electron chi connectivity index (χ1n) is 8.89. The monoisotopic (exact) mass is 369 g/mol. The van der Waals surface area contributed by atoms with Crippen LogP contribution < -0.4 is 10.1 Å². The summed E-state index contributed by atoms with van der Waals surface area (Å²) in [6.07, 6.45) is -0.688. The third-order valence-electron chi connectivity index (χ3n) is 4.32. The largest absolute Gasteiger partial charge is 0.481 e. The lowest BCUT2D eigenvalue weighted by Gasteiger charge is -2.20. The number of anilines is 1. The summed E-state index contributed by atoms with van der Waals surface area (Å²) in [6.45, 7) is 9.97. The highest BCUT2D eigenvalue weighted by molar-refractivity contribution is 5.97. The Labute approximate surface area is 160 Å². The van der Waals surface area contributed by atoms with Crippen molar-refractivity contribution in [3.8, 4) is 5.75 Å². The van der Waals surface area contributed by atoms with E-state index >= 15 is 0 Å². The maximum atomic E-state index is 12.5. The van der Waals surface area contributed by atoms with Gasteiger partial charge in [-0.05, 0) is 54.7 Å². The summed E-state index contributed by atoms with van der Waals surface area (Å²) in [5, 5.41) is 2.81. The van der Waals surface area contributed by atoms with Crippen molar-refractivity contribution in [1.82, 2.24) is 0 Å². The van der Waals surface area contributed by atoms with Crippen molar-refractivity contribution in [2.24, 2.45) is 0 Å². The molecule has 0 spiro atoms. The second-order valence-corrected chi connectivity index (χ2v) is 7.54. The smallest absolute Gasteiger partial charge is 0.337 e. The number of hydrogen-bond donors (Lipinski definition) is 1. The van der Waals surface area contributed by atoms with Crippen LogP contribution in [0.5, 0.6) is 5.75 Å². The summed E-state index contributed by atoms with van der Waals surface area (Å²) in [7, 11) is 1.32. The highest BCUT2D eigenvalue weighted by atomic mass is 16.5. The van der Waals surface area contributed by atoms with E-state index in [2.05, 4.69) is 26.1 Å². The van der Waals surface area contributed by atoms with Gasteiger partial charge in [-0.2, -0.15) is 0 Å². The predicted molar refractivity (Wildman–Crippen MR) is 106 cm³/mol. The SMILES string of the molecule is COC(=O)c1ccc(C)c(NC(=O)[C@@H](C)Oc2ccc(C(C)(C)C)cc2)c1. The maximum absolute atomic E-state index is 12.5. The normalized spacial score (nSPS) is 12.2. The van der Waals surface area contributed by atoms with Crippen LogP contribution in [-0.2, 0) is 14.9 Å². The Balaban J connectivity index is 2.06. The summed E-state index contributed by atoms with van der Waals surface area (Å²) in [4.78, 5) is 24.2. The van der Waals surface area contributed by atoms with Crippen LogP contribution in [0.25, 0.3) is 0 Å². The molecule has 1 N–H and O–H groups in total. The Morgan fingerprint density at radius 3 is 2.22 bits per heavy atom. The summed E-state index contributed by atoms with van der Waals surface area (Å²) in [5.41, 5.74) is 3.04. The van der Waals surface area contributed by atoms with Gasteiger partial charge in [-0.25, -0.2) is 4.79 Å². The van der Waals surface area contributed by atoms with Gasteiger partial charge >= 0.3 is 5.97 Å². The first-order valence-corrected chi connectivity index (χ1v) is 8.89. The summed E-state index contributed by atoms with van der Waals surface area (Å²) in [6, 6.07) is 12.8. The molecule has 0 radical (unpaired) electrons. The van der Waals surface area contributed by atoms with Crippen molar-refractivity contribution in [3.63, 3.8) is 0 Å². The molecule has 1 atom stereocenters. The molecule has 0 aromatic heterocycles. The molecular formula is C22H27NO4. The highest BCUT2D eigenvalue weighted by Crippen LogP contribution is 2.25. The van der Waals surface area contributed by atoms with E-state index in [4.69, 9.17) is 9.47 Å². The third kappa shape index (κ3) is 5.33. The zero-order valence-electron chi connectivity index (χ0n) is 16.8. The predicted octanol–water partition coefficient (Wildman–Crippen LogP) is 4.49. The van der Waals surface area contributed by atoms with Crippen LogP contribution in [0.3, 0.4) is 0 Å². The molecule has 5 nitrogen and oxygen atoms in total. The summed E-state index contributed by atoms with van der Waals surface area (Å²) >= 11 is 0. The molecule has 2 aromatic carbocycles. The molecule has 0 unspecified atom stereocenters. The van der Waals surface area contributed by atoms with Crippen molar-refractivity contribution < 1.29 is 19.1 Å². The van der Waals surface area contributed by atoms with Crippen LogP contribution in [-0.4, -0.2) is 25.1 Å². The second kappa shape index (κ2) is 8.25. The van der Waals surface area contributed by atoms with E-state index in [-0.39, 0.29) is 11.3 Å². The summed E-state index contributed by atoms with van der Waals surface area (Å²) < 4.78 is 10.5. The second-order valence-electron chi connectivity index (χ2n) is 7.54. The van der Waals surface area contributed by atoms with Gasteiger partial charge in [0, 0.05) is 5.69 Å². The van der Waals surface area contributed by atoms with Crippen molar-refractivity contribution >= 4 is 17.6 Å². The van der Waals surface area contributed by atoms with Crippen molar-refractivity contribution in [1.29, 1.82) is 0 Å². The zero-order valence-corrected chi connectivity index (χ0v) is 16.8. The average molecular weight is 369 g/mol. The van der Waals surface area contributed by atoms with E-state index in [0.29, 0.717) is 17.0 Å². The number of amides is 1. The van der Waals surface area contributed by atoms with Crippen LogP contribution in [0.4, 0.5) is 5.69 Å². The first kappa shape index (κ1) is 20.5. The molecule has 0 aliphatic heterocycles. The standard InChI is InChI=1S/C22H27NO4/c1-14-7-8-16(21(25)26-6)13-19(14)23-20(24)15(2)27-18-11-9-17(10-12-18)22(3,4)5/h7-13,15H,1-6H3,(H,23,24)/t15-/m1/s1. The molecular weight excluding hydrogens is 342 g/mol. The Bertz CT molecular complexity index is 819. The molecule has 27 heavy (non-hydrogen) atoms. The Hall–Kier alpha value is -2.82. The molecule has 0 heterocycles. The number of carbonyl (C=O) groups is 2. The van der Waals surface area contributed by atoms with Gasteiger partial charge in [-0.3, -0.25) is 4.79 Å². The average Bonchev–Trinajstić information content (AvgIpc) is 2.62. The van der Waals surface area contributed by atoms with Crippen molar-refractivity contribution in [2.75, 3.05) is 12.4 Å². The lowest BCUT2D eigenvalue weighted by atomic mass is 9.87. The highest BCUT2D eigenvalue weighted by Gasteiger charge is 2.18. The van der Waals surface area contributed by atoms with Gasteiger partial charge in [0.25, 0.3) is 5.91 Å². The van der Waals surface area contributed by atoms with Gasteiger partial charge in [-0.1, -0.05) is 39.0 Å². The minimum absolute atomic E-state index is 0.0592. The van der Waals surface area contributed by atoms with Crippen LogP contribution in [0.2, 0.25) is 0 Å². The van der Waals surface area contributed by atoms with Crippen molar-refractivity contribution in [2.45, 2.75) is 46.1 Å². The number of ether oxygens (including phenoxy) is 2. The first-order chi connectivity index (χ1) is 12.6. The fraction of sp³-hybridized carbons (Fsp3) is 0.364. The number of esters is 1. The van der Waals surface area contributed by atoms with E-state index in [1.807, 2.05) is 31.2 Å². The Kier molecular flexibility index (Phi) is 6.26. The fourth-order valence-electron chi connectivity index (χ4n) is 2.53. The van der Waals surface area contributed by atoms with Gasteiger partial charge in [0.1, 0.15) is 5.75 Å². The van der Waals surface area contributed by atoms with E-state index < -0.39 is 12.1 Å². The molecule has 1 amide bonds. The van der Waals surface area contributed by atoms with Crippen LogP contribution >= 0.6 is 0 Å². The molecule has 0 fully saturated rings. The number of hydrogen-bond acceptors (Lipinski definition) is 4. The van der Waals surface area contributed by atoms with Crippen LogP contribution in [0.15, 0.2) is 42.5 Å². The maximum Gasteiger partial charge on any atom is 0.337 e. The van der Waals surface area contributed by atoms with Gasteiger partial charge in [0.05, 0.1) is 12.7 Å². The van der Waals surface area contributed by atoms with E-state index in [9.17, 15) is 9.59 Å². The quantitative estimate of drug-likeness (QED) is 0.789. The molecule has 0 saturated carbocycles. The number of carbonyl (C=O) groups excluding carboxylic acids is 2. The van der Waals surface area contributed by atoms with E-state index in [1.54, 1.807) is 25.1 Å². The van der Waals surface area contributed by atoms with E-state index in [1.165, 1.54) is 12.7 Å². The number of rotatable bonds is 5. The molecule has 0 saturated heterocycles. The zero-order chi connectivity index (χ0) is 20.2. The number of benzene rings is 2. The van der Waals surface area contributed by atoms with Crippen LogP contribution in [0.1, 0.15) is 49.2 Å². The fourth-order valence-corrected chi connectivity index (χ4v) is 2.53. The van der Waals surface area contributed by atoms with Gasteiger partial charge in [0.2, 0.25) is 0 Å². The molecule has 144 valence electrons. The third-order valence-corrected chi connectivity index (χ3v) is 4.32. The molecule has 2 rings (SSSR count). The summed E-state index contributed by atoms with van der Waals surface area (Å²) in [5.74, 6) is -0.112. The van der Waals surface area contributed by atoms with Gasteiger partial charge < -0.3 is 14.8 Å². The topological polar surface area (TPSA) is 64.6 Å². The number of aryl methyl sites for hydroxylation is 1. The molecule has 0 bridgehead atoms. The van der Waals surface area contributed by atoms with Crippen molar-refractivity contribution in [3.05, 3.63) is 59.2 Å². The lowest BCUT2D eigenvalue weighted by Crippen LogP contribution is -2.30. The van der Waals surface area contributed by atoms with Gasteiger partial charge in [-0.15, -0.1) is 0 Å². The molecule has 0 aliphatic carbocycles. The number of nitrogens with one attached hydrogen (secondary N) is 1. The minimum atomic E-state index is -0.688. The molecule has 2 aromatic rings. The van der Waals surface area contributed by atoms with Gasteiger partial charge in [0.15, 0.2) is 6.10 Å². The molecule has 0 aliphatic rings. The van der Waals surface area contributed by atoms with Crippen LogP contribution in [0, 0.1) is 6.92 Å². The Morgan fingerprint density at radius 1 is 1.04 bits per heavy atom. The lowest BCUT2D eigenvalue weighted by molar-refractivity contribution is -0.122. The minimum Gasteiger partial charge on any atom is -0.481 e. The molecule has 5 heteroatoms. The van der Waals surface area contributed by atoms with E-state index in [0.717, 1.165) is 5.56 Å². The Morgan fingerprint density at radius 2 is 1.67 bits per heavy atom.